The highest BCUT2D eigenvalue weighted by Gasteiger charge is 2.30. The predicted octanol–water partition coefficient (Wildman–Crippen LogP) is 4.69. The van der Waals surface area contributed by atoms with E-state index in [0.717, 1.165) is 17.2 Å². The number of amides is 2. The van der Waals surface area contributed by atoms with Gasteiger partial charge in [-0.3, -0.25) is 14.6 Å². The number of fused-ring (bicyclic) bond motifs is 1. The van der Waals surface area contributed by atoms with Crippen LogP contribution in [0.3, 0.4) is 0 Å². The van der Waals surface area contributed by atoms with E-state index in [1.165, 1.54) is 17.0 Å². The van der Waals surface area contributed by atoms with Crippen molar-refractivity contribution in [3.63, 3.8) is 0 Å². The lowest BCUT2D eigenvalue weighted by molar-refractivity contribution is -0.122. The second-order valence-corrected chi connectivity index (χ2v) is 7.54. The van der Waals surface area contributed by atoms with Crippen molar-refractivity contribution in [3.05, 3.63) is 94.8 Å². The summed E-state index contributed by atoms with van der Waals surface area (Å²) in [5.41, 5.74) is 3.22. The lowest BCUT2D eigenvalue weighted by Crippen LogP contribution is -2.42. The summed E-state index contributed by atoms with van der Waals surface area (Å²) in [6.45, 7) is 1.48. The summed E-state index contributed by atoms with van der Waals surface area (Å²) in [4.78, 5) is 32.0. The van der Waals surface area contributed by atoms with Gasteiger partial charge in [-0.25, -0.2) is 4.39 Å². The molecule has 0 aromatic heterocycles. The Bertz CT molecular complexity index is 1180. The van der Waals surface area contributed by atoms with Crippen LogP contribution in [-0.2, 0) is 9.59 Å². The highest BCUT2D eigenvalue weighted by Crippen LogP contribution is 2.29. The topological polar surface area (TPSA) is 61.8 Å². The Hall–Kier alpha value is -3.51. The average Bonchev–Trinajstić information content (AvgIpc) is 2.87. The van der Waals surface area contributed by atoms with Crippen LogP contribution in [0.1, 0.15) is 18.1 Å². The number of anilines is 2. The zero-order valence-electron chi connectivity index (χ0n) is 16.7. The maximum Gasteiger partial charge on any atom is 0.252 e. The Morgan fingerprint density at radius 3 is 2.55 bits per heavy atom. The van der Waals surface area contributed by atoms with Crippen molar-refractivity contribution < 1.29 is 14.0 Å². The number of nitrogens with zero attached hydrogens (tertiary/aromatic N) is 2. The number of benzene rings is 3. The van der Waals surface area contributed by atoms with E-state index in [-0.39, 0.29) is 23.2 Å². The van der Waals surface area contributed by atoms with Gasteiger partial charge in [0.05, 0.1) is 22.1 Å². The molecule has 3 aromatic carbocycles. The lowest BCUT2D eigenvalue weighted by Gasteiger charge is -2.24. The van der Waals surface area contributed by atoms with Crippen molar-refractivity contribution >= 4 is 40.5 Å². The molecular formula is C24H19ClFN3O2. The fourth-order valence-electron chi connectivity index (χ4n) is 3.49. The van der Waals surface area contributed by atoms with Crippen molar-refractivity contribution in [2.24, 2.45) is 4.99 Å². The molecule has 0 aliphatic carbocycles. The van der Waals surface area contributed by atoms with E-state index in [0.29, 0.717) is 11.4 Å². The number of hydrogen-bond acceptors (Lipinski definition) is 3. The first-order valence-corrected chi connectivity index (χ1v) is 10.1. The molecule has 1 atom stereocenters. The molecule has 1 aliphatic heterocycles. The fraction of sp³-hybridized carbons (Fsp3) is 0.125. The second kappa shape index (κ2) is 8.70. The zero-order valence-corrected chi connectivity index (χ0v) is 17.4. The molecule has 1 aliphatic rings. The van der Waals surface area contributed by atoms with E-state index in [4.69, 9.17) is 11.6 Å². The Balaban J connectivity index is 1.67. The molecule has 1 N–H and O–H groups in total. The van der Waals surface area contributed by atoms with Gasteiger partial charge in [-0.15, -0.1) is 0 Å². The van der Waals surface area contributed by atoms with Gasteiger partial charge in [-0.05, 0) is 31.2 Å². The van der Waals surface area contributed by atoms with Gasteiger partial charge >= 0.3 is 0 Å². The smallest absolute Gasteiger partial charge is 0.252 e. The van der Waals surface area contributed by atoms with E-state index < -0.39 is 17.8 Å². The highest BCUT2D eigenvalue weighted by atomic mass is 35.5. The molecule has 31 heavy (non-hydrogen) atoms. The van der Waals surface area contributed by atoms with E-state index >= 15 is 0 Å². The number of nitrogens with one attached hydrogen (secondary N) is 1. The van der Waals surface area contributed by atoms with Crippen molar-refractivity contribution in [2.45, 2.75) is 13.0 Å². The van der Waals surface area contributed by atoms with Crippen LogP contribution in [0.2, 0.25) is 5.02 Å². The first kappa shape index (κ1) is 20.8. The molecule has 0 bridgehead atoms. The van der Waals surface area contributed by atoms with Gasteiger partial charge in [0.2, 0.25) is 5.91 Å². The normalized spacial score (nSPS) is 15.7. The standard InChI is InChI=1S/C24H19ClFN3O2/c1-15-24(31)29(14-22(30)28-20-12-11-17(26)13-19(20)25)21-10-6-5-9-18(21)23(27-15)16-7-3-2-4-8-16/h2-13,15H,14H2,1H3,(H,28,30)/t15-/m1/s1. The molecule has 0 unspecified atom stereocenters. The third-order valence-electron chi connectivity index (χ3n) is 4.95. The Labute approximate surface area is 184 Å². The number of hydrogen-bond donors (Lipinski definition) is 1. The van der Waals surface area contributed by atoms with Crippen molar-refractivity contribution in [1.29, 1.82) is 0 Å². The molecule has 156 valence electrons. The number of para-hydroxylation sites is 1. The minimum atomic E-state index is -0.676. The van der Waals surface area contributed by atoms with Crippen LogP contribution >= 0.6 is 11.6 Å². The molecule has 2 amide bonds. The van der Waals surface area contributed by atoms with Crippen LogP contribution < -0.4 is 10.2 Å². The molecule has 0 saturated heterocycles. The van der Waals surface area contributed by atoms with Gasteiger partial charge in [-0.1, -0.05) is 60.1 Å². The van der Waals surface area contributed by atoms with Crippen LogP contribution in [0.5, 0.6) is 0 Å². The predicted molar refractivity (Wildman–Crippen MR) is 120 cm³/mol. The molecule has 0 spiro atoms. The quantitative estimate of drug-likeness (QED) is 0.646. The zero-order chi connectivity index (χ0) is 22.0. The van der Waals surface area contributed by atoms with Crippen LogP contribution in [0.25, 0.3) is 0 Å². The monoisotopic (exact) mass is 435 g/mol. The van der Waals surface area contributed by atoms with Gasteiger partial charge in [0.25, 0.3) is 5.91 Å². The molecule has 0 radical (unpaired) electrons. The van der Waals surface area contributed by atoms with E-state index in [1.54, 1.807) is 13.0 Å². The van der Waals surface area contributed by atoms with E-state index in [9.17, 15) is 14.0 Å². The largest absolute Gasteiger partial charge is 0.323 e. The third-order valence-corrected chi connectivity index (χ3v) is 5.26. The molecule has 0 fully saturated rings. The first-order valence-electron chi connectivity index (χ1n) is 9.73. The molecule has 1 heterocycles. The Morgan fingerprint density at radius 2 is 1.81 bits per heavy atom. The van der Waals surface area contributed by atoms with Crippen molar-refractivity contribution in [3.8, 4) is 0 Å². The summed E-state index contributed by atoms with van der Waals surface area (Å²) in [5, 5.41) is 2.73. The minimum absolute atomic E-state index is 0.0824. The number of halogens is 2. The number of rotatable bonds is 4. The summed E-state index contributed by atoms with van der Waals surface area (Å²) in [6.07, 6.45) is 0. The maximum absolute atomic E-state index is 13.3. The number of benzodiazepines with no additional fused rings is 1. The SMILES string of the molecule is C[C@H]1N=C(c2ccccc2)c2ccccc2N(CC(=O)Nc2ccc(F)cc2Cl)C1=O. The van der Waals surface area contributed by atoms with Crippen LogP contribution in [0.15, 0.2) is 77.8 Å². The highest BCUT2D eigenvalue weighted by molar-refractivity contribution is 6.33. The first-order chi connectivity index (χ1) is 14.9. The van der Waals surface area contributed by atoms with Gasteiger partial charge in [-0.2, -0.15) is 0 Å². The molecule has 3 aromatic rings. The summed E-state index contributed by atoms with van der Waals surface area (Å²) >= 11 is 6.01. The molecular weight excluding hydrogens is 417 g/mol. The van der Waals surface area contributed by atoms with Crippen molar-refractivity contribution in [2.75, 3.05) is 16.8 Å². The van der Waals surface area contributed by atoms with E-state index in [1.807, 2.05) is 48.5 Å². The van der Waals surface area contributed by atoms with Crippen LogP contribution in [0, 0.1) is 5.82 Å². The average molecular weight is 436 g/mol. The molecule has 4 rings (SSSR count). The fourth-order valence-corrected chi connectivity index (χ4v) is 3.70. The third kappa shape index (κ3) is 4.34. The lowest BCUT2D eigenvalue weighted by atomic mass is 10.0. The molecule has 7 heteroatoms. The maximum atomic E-state index is 13.3. The number of carbonyl (C=O) groups excluding carboxylic acids is 2. The summed E-state index contributed by atoms with van der Waals surface area (Å²) < 4.78 is 13.3. The molecule has 5 nitrogen and oxygen atoms in total. The molecule has 0 saturated carbocycles. The number of carbonyl (C=O) groups is 2. The van der Waals surface area contributed by atoms with Gasteiger partial charge in [0.15, 0.2) is 0 Å². The van der Waals surface area contributed by atoms with Gasteiger partial charge in [0.1, 0.15) is 18.4 Å². The van der Waals surface area contributed by atoms with Gasteiger partial charge in [0, 0.05) is 11.1 Å². The summed E-state index contributed by atoms with van der Waals surface area (Å²) in [7, 11) is 0. The second-order valence-electron chi connectivity index (χ2n) is 7.13. The minimum Gasteiger partial charge on any atom is -0.323 e. The van der Waals surface area contributed by atoms with E-state index in [2.05, 4.69) is 10.3 Å². The number of aliphatic imine (C=N–C) groups is 1. The van der Waals surface area contributed by atoms with Gasteiger partial charge < -0.3 is 10.2 Å². The Morgan fingerprint density at radius 1 is 1.10 bits per heavy atom. The van der Waals surface area contributed by atoms with Crippen LogP contribution in [-0.4, -0.2) is 30.1 Å². The summed E-state index contributed by atoms with van der Waals surface area (Å²) in [6, 6.07) is 20.0. The Kier molecular flexibility index (Phi) is 5.82. The van der Waals surface area contributed by atoms with Crippen molar-refractivity contribution in [1.82, 2.24) is 0 Å². The summed E-state index contributed by atoms with van der Waals surface area (Å²) in [5.74, 6) is -1.25. The van der Waals surface area contributed by atoms with Crippen LogP contribution in [0.4, 0.5) is 15.8 Å².